The van der Waals surface area contributed by atoms with Gasteiger partial charge in [0.05, 0.1) is 20.1 Å². The van der Waals surface area contributed by atoms with Crippen LogP contribution in [0.5, 0.6) is 5.75 Å². The maximum atomic E-state index is 12.7. The largest absolute Gasteiger partial charge is 0.496 e. The summed E-state index contributed by atoms with van der Waals surface area (Å²) < 4.78 is 48.8. The highest BCUT2D eigenvalue weighted by atomic mass is 19.4. The maximum Gasteiger partial charge on any atom is 0.407 e. The zero-order valence-electron chi connectivity index (χ0n) is 22.0. The number of carbonyl (C=O) groups is 1. The Labute approximate surface area is 211 Å². The molecule has 202 valence electrons. The highest BCUT2D eigenvalue weighted by Crippen LogP contribution is 2.39. The molecule has 0 aliphatic heterocycles. The topological polar surface area (TPSA) is 88.0 Å². The van der Waals surface area contributed by atoms with Gasteiger partial charge in [0.1, 0.15) is 17.5 Å². The normalized spacial score (nSPS) is 12.3. The number of amides is 1. The smallest absolute Gasteiger partial charge is 0.407 e. The third-order valence-electron chi connectivity index (χ3n) is 4.86. The van der Waals surface area contributed by atoms with Crippen LogP contribution in [0.4, 0.5) is 18.0 Å². The highest BCUT2D eigenvalue weighted by molar-refractivity contribution is 5.74. The molecule has 0 spiro atoms. The fourth-order valence-electron chi connectivity index (χ4n) is 3.51. The summed E-state index contributed by atoms with van der Waals surface area (Å²) in [6.45, 7) is 10.6. The van der Waals surface area contributed by atoms with Gasteiger partial charge in [-0.1, -0.05) is 44.5 Å². The molecule has 2 aromatic rings. The van der Waals surface area contributed by atoms with E-state index in [1.807, 2.05) is 0 Å². The second-order valence-corrected chi connectivity index (χ2v) is 9.40. The number of ether oxygens (including phenoxy) is 2. The van der Waals surface area contributed by atoms with E-state index in [1.165, 1.54) is 25.7 Å². The molecule has 9 heteroatoms. The van der Waals surface area contributed by atoms with Crippen molar-refractivity contribution in [1.29, 1.82) is 0 Å². The Kier molecular flexibility index (Phi) is 11.7. The first-order valence-electron chi connectivity index (χ1n) is 11.8. The molecule has 0 fully saturated rings. The van der Waals surface area contributed by atoms with Gasteiger partial charge in [0.15, 0.2) is 0 Å². The van der Waals surface area contributed by atoms with Crippen LogP contribution in [0.3, 0.4) is 0 Å². The molecule has 1 amide bonds. The van der Waals surface area contributed by atoms with Crippen LogP contribution in [0.25, 0.3) is 11.1 Å². The summed E-state index contributed by atoms with van der Waals surface area (Å²) in [6, 6.07) is 7.68. The van der Waals surface area contributed by atoms with E-state index in [4.69, 9.17) is 9.47 Å². The number of aliphatic hydroxyl groups is 2. The minimum atomic E-state index is -4.30. The van der Waals surface area contributed by atoms with Crippen molar-refractivity contribution in [2.45, 2.75) is 78.8 Å². The second kappa shape index (κ2) is 13.5. The van der Waals surface area contributed by atoms with Crippen molar-refractivity contribution in [3.8, 4) is 16.9 Å². The molecule has 0 aromatic heterocycles. The third kappa shape index (κ3) is 9.70. The number of carbonyl (C=O) groups excluding carboxylic acids is 1. The Morgan fingerprint density at radius 1 is 1.11 bits per heavy atom. The molecule has 2 aromatic carbocycles. The summed E-state index contributed by atoms with van der Waals surface area (Å²) in [6.07, 6.45) is -6.01. The quantitative estimate of drug-likeness (QED) is 0.408. The van der Waals surface area contributed by atoms with Gasteiger partial charge in [-0.05, 0) is 61.6 Å². The van der Waals surface area contributed by atoms with E-state index < -0.39 is 37.0 Å². The Balaban J connectivity index is 0.00000205. The molecule has 36 heavy (non-hydrogen) atoms. The van der Waals surface area contributed by atoms with Gasteiger partial charge in [-0.15, -0.1) is 0 Å². The lowest BCUT2D eigenvalue weighted by Gasteiger charge is -2.24. The van der Waals surface area contributed by atoms with Crippen molar-refractivity contribution in [1.82, 2.24) is 5.32 Å². The molecule has 0 saturated heterocycles. The fraction of sp³-hybridized carbons (Fsp3) is 0.519. The van der Waals surface area contributed by atoms with Crippen LogP contribution in [0.15, 0.2) is 30.3 Å². The van der Waals surface area contributed by atoms with Crippen molar-refractivity contribution >= 4 is 6.09 Å². The Bertz CT molecular complexity index is 983. The minimum Gasteiger partial charge on any atom is -0.496 e. The summed E-state index contributed by atoms with van der Waals surface area (Å²) in [5.74, 6) is 0.314. The van der Waals surface area contributed by atoms with Gasteiger partial charge in [0.25, 0.3) is 0 Å². The molecule has 3 N–H and O–H groups in total. The first-order chi connectivity index (χ1) is 16.7. The van der Waals surface area contributed by atoms with E-state index in [1.54, 1.807) is 45.9 Å². The Morgan fingerprint density at radius 3 is 2.11 bits per heavy atom. The highest BCUT2D eigenvalue weighted by Gasteiger charge is 2.28. The van der Waals surface area contributed by atoms with Gasteiger partial charge < -0.3 is 25.0 Å². The number of alkyl halides is 3. The van der Waals surface area contributed by atoms with Crippen LogP contribution in [0, 0.1) is 6.92 Å². The number of hydrogen-bond acceptors (Lipinski definition) is 5. The average Bonchev–Trinajstić information content (AvgIpc) is 2.76. The van der Waals surface area contributed by atoms with Gasteiger partial charge in [0, 0.05) is 12.1 Å². The molecule has 0 aliphatic carbocycles. The van der Waals surface area contributed by atoms with Crippen LogP contribution in [-0.2, 0) is 17.7 Å². The van der Waals surface area contributed by atoms with Crippen molar-refractivity contribution < 1.29 is 37.7 Å². The predicted molar refractivity (Wildman–Crippen MR) is 134 cm³/mol. The van der Waals surface area contributed by atoms with E-state index in [2.05, 4.69) is 19.2 Å². The van der Waals surface area contributed by atoms with Gasteiger partial charge in [-0.3, -0.25) is 0 Å². The number of hydrogen-bond donors (Lipinski definition) is 3. The van der Waals surface area contributed by atoms with Crippen molar-refractivity contribution in [2.75, 3.05) is 13.7 Å². The van der Waals surface area contributed by atoms with E-state index in [0.29, 0.717) is 33.6 Å². The standard InChI is InChI=1S/C24H30F3NO5.C3H8/c1-14-18(16-8-6-15(7-9-16)11-24(25,26)27)10-17(12-28-22(31)33-23(2,3)4)20(19(30)13-29)21(14)32-5;1-3-2/h6-10,19,29-30H,11-13H2,1-5H3,(H,28,31);3H2,1-2H3. The van der Waals surface area contributed by atoms with E-state index in [9.17, 15) is 28.2 Å². The zero-order valence-corrected chi connectivity index (χ0v) is 22.0. The molecule has 1 atom stereocenters. The van der Waals surface area contributed by atoms with Gasteiger partial charge in [-0.25, -0.2) is 4.79 Å². The summed E-state index contributed by atoms with van der Waals surface area (Å²) in [4.78, 5) is 12.1. The molecule has 0 heterocycles. The van der Waals surface area contributed by atoms with Crippen LogP contribution in [0.2, 0.25) is 0 Å². The summed E-state index contributed by atoms with van der Waals surface area (Å²) in [7, 11) is 1.41. The van der Waals surface area contributed by atoms with E-state index in [-0.39, 0.29) is 12.1 Å². The van der Waals surface area contributed by atoms with Crippen LogP contribution in [-0.4, -0.2) is 41.8 Å². The Morgan fingerprint density at radius 2 is 1.67 bits per heavy atom. The first kappa shape index (κ1) is 31.3. The van der Waals surface area contributed by atoms with Crippen molar-refractivity contribution in [2.24, 2.45) is 0 Å². The summed E-state index contributed by atoms with van der Waals surface area (Å²) >= 11 is 0. The second-order valence-electron chi connectivity index (χ2n) is 9.40. The summed E-state index contributed by atoms with van der Waals surface area (Å²) in [5.41, 5.74) is 2.14. The number of alkyl carbamates (subject to hydrolysis) is 1. The van der Waals surface area contributed by atoms with Crippen LogP contribution >= 0.6 is 0 Å². The number of nitrogens with one attached hydrogen (secondary N) is 1. The number of benzene rings is 2. The monoisotopic (exact) mass is 513 g/mol. The lowest BCUT2D eigenvalue weighted by molar-refractivity contribution is -0.127. The molecule has 0 bridgehead atoms. The zero-order chi connectivity index (χ0) is 27.7. The van der Waals surface area contributed by atoms with E-state index >= 15 is 0 Å². The van der Waals surface area contributed by atoms with Crippen LogP contribution in [0.1, 0.15) is 69.4 Å². The summed E-state index contributed by atoms with van der Waals surface area (Å²) in [5, 5.41) is 22.6. The molecular formula is C27H38F3NO5. The first-order valence-corrected chi connectivity index (χ1v) is 11.8. The molecule has 0 aliphatic rings. The number of aliphatic hydroxyl groups excluding tert-OH is 2. The number of methoxy groups -OCH3 is 1. The van der Waals surface area contributed by atoms with Gasteiger partial charge in [0.2, 0.25) is 0 Å². The van der Waals surface area contributed by atoms with Crippen LogP contribution < -0.4 is 10.1 Å². The molecular weight excluding hydrogens is 475 g/mol. The number of halogens is 3. The molecule has 1 unspecified atom stereocenters. The van der Waals surface area contributed by atoms with Crippen molar-refractivity contribution in [3.05, 3.63) is 52.6 Å². The SMILES string of the molecule is CCC.COc1c(C)c(-c2ccc(CC(F)(F)F)cc2)cc(CNC(=O)OC(C)(C)C)c1C(O)CO. The van der Waals surface area contributed by atoms with Crippen molar-refractivity contribution in [3.63, 3.8) is 0 Å². The molecule has 0 radical (unpaired) electrons. The molecule has 0 saturated carbocycles. The van der Waals surface area contributed by atoms with Gasteiger partial charge in [-0.2, -0.15) is 13.2 Å². The van der Waals surface area contributed by atoms with Gasteiger partial charge >= 0.3 is 12.3 Å². The lowest BCUT2D eigenvalue weighted by Crippen LogP contribution is -2.32. The minimum absolute atomic E-state index is 0.0307. The maximum absolute atomic E-state index is 12.7. The lowest BCUT2D eigenvalue weighted by atomic mass is 9.90. The Hall–Kier alpha value is -2.78. The van der Waals surface area contributed by atoms with E-state index in [0.717, 1.165) is 0 Å². The molecule has 2 rings (SSSR count). The fourth-order valence-corrected chi connectivity index (χ4v) is 3.51. The number of rotatable bonds is 7. The third-order valence-corrected chi connectivity index (χ3v) is 4.86. The molecule has 6 nitrogen and oxygen atoms in total. The predicted octanol–water partition coefficient (Wildman–Crippen LogP) is 6.24. The average molecular weight is 514 g/mol.